The van der Waals surface area contributed by atoms with Crippen molar-refractivity contribution in [2.24, 2.45) is 5.11 Å². The zero-order chi connectivity index (χ0) is 9.40. The number of aliphatic carboxylic acids is 1. The minimum absolute atomic E-state index is 0.254. The summed E-state index contributed by atoms with van der Waals surface area (Å²) >= 11 is 0. The number of aliphatic hydroxyl groups excluding tert-OH is 1. The smallest absolute Gasteiger partial charge is 0.305 e. The summed E-state index contributed by atoms with van der Waals surface area (Å²) < 4.78 is 0. The molecule has 0 bridgehead atoms. The predicted molar refractivity (Wildman–Crippen MR) is 41.5 cm³/mol. The molecule has 0 aliphatic carbocycles. The Morgan fingerprint density at radius 2 is 2.33 bits per heavy atom. The van der Waals surface area contributed by atoms with Gasteiger partial charge < -0.3 is 10.2 Å². The molecule has 12 heavy (non-hydrogen) atoms. The first-order valence-electron chi connectivity index (χ1n) is 3.57. The van der Waals surface area contributed by atoms with Crippen molar-refractivity contribution in [1.29, 1.82) is 0 Å². The normalized spacial score (nSPS) is 11.8. The van der Waals surface area contributed by atoms with E-state index in [4.69, 9.17) is 15.7 Å². The van der Waals surface area contributed by atoms with E-state index in [9.17, 15) is 4.79 Å². The molecular formula is C6H11N3O3. The maximum atomic E-state index is 10.1. The average molecular weight is 173 g/mol. The first-order chi connectivity index (χ1) is 5.66. The zero-order valence-corrected chi connectivity index (χ0v) is 6.55. The highest BCUT2D eigenvalue weighted by Crippen LogP contribution is 2.01. The van der Waals surface area contributed by atoms with Crippen molar-refractivity contribution in [2.45, 2.75) is 25.4 Å². The number of rotatable bonds is 6. The first kappa shape index (κ1) is 10.7. The summed E-state index contributed by atoms with van der Waals surface area (Å²) in [5.74, 6) is -1.02. The van der Waals surface area contributed by atoms with Crippen LogP contribution in [0.5, 0.6) is 0 Å². The van der Waals surface area contributed by atoms with Crippen molar-refractivity contribution in [3.63, 3.8) is 0 Å². The largest absolute Gasteiger partial charge is 0.481 e. The Morgan fingerprint density at radius 1 is 1.67 bits per heavy atom. The number of hydrogen-bond acceptors (Lipinski definition) is 3. The summed E-state index contributed by atoms with van der Waals surface area (Å²) in [6, 6.07) is 0. The number of carboxylic acids is 1. The zero-order valence-electron chi connectivity index (χ0n) is 6.55. The molecule has 0 spiro atoms. The molecule has 0 saturated heterocycles. The second kappa shape index (κ2) is 6.45. The van der Waals surface area contributed by atoms with Gasteiger partial charge >= 0.3 is 5.97 Å². The molecule has 0 unspecified atom stereocenters. The van der Waals surface area contributed by atoms with E-state index >= 15 is 0 Å². The van der Waals surface area contributed by atoms with Crippen LogP contribution in [0.1, 0.15) is 19.3 Å². The lowest BCUT2D eigenvalue weighted by atomic mass is 10.1. The van der Waals surface area contributed by atoms with Crippen LogP contribution < -0.4 is 0 Å². The third-order valence-corrected chi connectivity index (χ3v) is 1.27. The Kier molecular flexibility index (Phi) is 5.77. The molecule has 6 heteroatoms. The lowest BCUT2D eigenvalue weighted by Gasteiger charge is -2.04. The standard InChI is InChI=1S/C6H11N3O3/c7-9-8-3-1-2-5(10)4-6(11)12/h5,10H,1-4H2,(H,11,12)/t5-/m0/s1. The molecule has 0 aromatic heterocycles. The Hall–Kier alpha value is -1.26. The fourth-order valence-corrected chi connectivity index (χ4v) is 0.746. The summed E-state index contributed by atoms with van der Waals surface area (Å²) in [6.45, 7) is 0.299. The van der Waals surface area contributed by atoms with Gasteiger partial charge in [-0.25, -0.2) is 0 Å². The maximum Gasteiger partial charge on any atom is 0.305 e. The minimum Gasteiger partial charge on any atom is -0.481 e. The van der Waals surface area contributed by atoms with Crippen molar-refractivity contribution < 1.29 is 15.0 Å². The van der Waals surface area contributed by atoms with Crippen LogP contribution in [0.2, 0.25) is 0 Å². The van der Waals surface area contributed by atoms with Crippen LogP contribution in [0, 0.1) is 0 Å². The van der Waals surface area contributed by atoms with Gasteiger partial charge in [0, 0.05) is 11.5 Å². The molecule has 0 rings (SSSR count). The van der Waals surface area contributed by atoms with Gasteiger partial charge in [0.05, 0.1) is 12.5 Å². The summed E-state index contributed by atoms with van der Waals surface area (Å²) in [4.78, 5) is 12.6. The molecule has 0 aliphatic rings. The number of hydrogen-bond donors (Lipinski definition) is 2. The Bertz CT molecular complexity index is 188. The van der Waals surface area contributed by atoms with E-state index in [0.29, 0.717) is 19.4 Å². The molecule has 0 radical (unpaired) electrons. The third kappa shape index (κ3) is 6.85. The van der Waals surface area contributed by atoms with Gasteiger partial charge in [0.25, 0.3) is 0 Å². The van der Waals surface area contributed by atoms with Crippen molar-refractivity contribution in [3.05, 3.63) is 10.4 Å². The SMILES string of the molecule is [N-]=[N+]=NCCC[C@H](O)CC(=O)O. The van der Waals surface area contributed by atoms with Crippen LogP contribution in [0.4, 0.5) is 0 Å². The monoisotopic (exact) mass is 173 g/mol. The van der Waals surface area contributed by atoms with E-state index < -0.39 is 12.1 Å². The van der Waals surface area contributed by atoms with Crippen molar-refractivity contribution in [2.75, 3.05) is 6.54 Å². The molecule has 6 nitrogen and oxygen atoms in total. The van der Waals surface area contributed by atoms with Crippen LogP contribution >= 0.6 is 0 Å². The van der Waals surface area contributed by atoms with Crippen molar-refractivity contribution in [3.8, 4) is 0 Å². The van der Waals surface area contributed by atoms with Gasteiger partial charge in [0.15, 0.2) is 0 Å². The minimum atomic E-state index is -1.02. The Labute approximate surface area is 69.4 Å². The van der Waals surface area contributed by atoms with E-state index in [-0.39, 0.29) is 6.42 Å². The number of carboxylic acid groups (broad SMARTS) is 1. The Morgan fingerprint density at radius 3 is 2.83 bits per heavy atom. The summed E-state index contributed by atoms with van der Waals surface area (Å²) in [5, 5.41) is 20.5. The lowest BCUT2D eigenvalue weighted by Crippen LogP contribution is -2.12. The van der Waals surface area contributed by atoms with Crippen LogP contribution in [0.25, 0.3) is 10.4 Å². The van der Waals surface area contributed by atoms with E-state index in [1.165, 1.54) is 0 Å². The van der Waals surface area contributed by atoms with Crippen molar-refractivity contribution in [1.82, 2.24) is 0 Å². The van der Waals surface area contributed by atoms with E-state index in [2.05, 4.69) is 10.0 Å². The number of aliphatic hydroxyl groups is 1. The molecule has 0 fully saturated rings. The van der Waals surface area contributed by atoms with Crippen LogP contribution in [0.3, 0.4) is 0 Å². The summed E-state index contributed by atoms with van der Waals surface area (Å²) in [6.07, 6.45) is -0.225. The molecule has 0 saturated carbocycles. The summed E-state index contributed by atoms with van der Waals surface area (Å²) in [7, 11) is 0. The number of carbonyl (C=O) groups is 1. The van der Waals surface area contributed by atoms with Gasteiger partial charge in [0.1, 0.15) is 0 Å². The first-order valence-corrected chi connectivity index (χ1v) is 3.57. The fraction of sp³-hybridized carbons (Fsp3) is 0.833. The lowest BCUT2D eigenvalue weighted by molar-refractivity contribution is -0.139. The average Bonchev–Trinajstić information content (AvgIpc) is 1.97. The quantitative estimate of drug-likeness (QED) is 0.270. The van der Waals surface area contributed by atoms with Gasteiger partial charge in [-0.15, -0.1) is 0 Å². The third-order valence-electron chi connectivity index (χ3n) is 1.27. The van der Waals surface area contributed by atoms with Crippen LogP contribution in [-0.2, 0) is 4.79 Å². The second-order valence-electron chi connectivity index (χ2n) is 2.35. The van der Waals surface area contributed by atoms with Crippen LogP contribution in [-0.4, -0.2) is 28.8 Å². The van der Waals surface area contributed by atoms with E-state index in [0.717, 1.165) is 0 Å². The molecule has 0 heterocycles. The molecule has 0 aliphatic heterocycles. The van der Waals surface area contributed by atoms with Gasteiger partial charge in [0.2, 0.25) is 0 Å². The van der Waals surface area contributed by atoms with Gasteiger partial charge in [-0.1, -0.05) is 5.11 Å². The molecule has 0 aromatic rings. The Balaban J connectivity index is 3.36. The van der Waals surface area contributed by atoms with E-state index in [1.54, 1.807) is 0 Å². The summed E-state index contributed by atoms with van der Waals surface area (Å²) in [5.41, 5.74) is 7.88. The van der Waals surface area contributed by atoms with Gasteiger partial charge in [-0.3, -0.25) is 4.79 Å². The highest BCUT2D eigenvalue weighted by Gasteiger charge is 2.07. The van der Waals surface area contributed by atoms with Crippen molar-refractivity contribution >= 4 is 5.97 Å². The van der Waals surface area contributed by atoms with E-state index in [1.807, 2.05) is 0 Å². The highest BCUT2D eigenvalue weighted by molar-refractivity contribution is 5.67. The second-order valence-corrected chi connectivity index (χ2v) is 2.35. The fourth-order valence-electron chi connectivity index (χ4n) is 0.746. The predicted octanol–water partition coefficient (Wildman–Crippen LogP) is 0.913. The maximum absolute atomic E-state index is 10.1. The molecule has 1 atom stereocenters. The molecule has 0 amide bonds. The highest BCUT2D eigenvalue weighted by atomic mass is 16.4. The number of nitrogens with zero attached hydrogens (tertiary/aromatic N) is 3. The topological polar surface area (TPSA) is 106 Å². The van der Waals surface area contributed by atoms with Crippen LogP contribution in [0.15, 0.2) is 5.11 Å². The molecular weight excluding hydrogens is 162 g/mol. The number of azide groups is 1. The molecule has 68 valence electrons. The molecule has 0 aromatic carbocycles. The van der Waals surface area contributed by atoms with Gasteiger partial charge in [-0.05, 0) is 18.4 Å². The van der Waals surface area contributed by atoms with Gasteiger partial charge in [-0.2, -0.15) is 0 Å². The molecule has 2 N–H and O–H groups in total.